The van der Waals surface area contributed by atoms with Crippen molar-refractivity contribution in [2.75, 3.05) is 62.0 Å². The Labute approximate surface area is 239 Å². The Morgan fingerprint density at radius 1 is 1.05 bits per heavy atom. The summed E-state index contributed by atoms with van der Waals surface area (Å²) in [6.45, 7) is 5.32. The molecule has 2 aromatic carbocycles. The Hall–Kier alpha value is -3.50. The molecule has 3 aliphatic rings. The van der Waals surface area contributed by atoms with Crippen LogP contribution in [0.3, 0.4) is 0 Å². The van der Waals surface area contributed by atoms with E-state index in [9.17, 15) is 13.6 Å². The minimum absolute atomic E-state index is 0.200. The maximum atomic E-state index is 13.7. The Morgan fingerprint density at radius 2 is 1.80 bits per heavy atom. The molecule has 0 spiro atoms. The van der Waals surface area contributed by atoms with E-state index in [-0.39, 0.29) is 17.9 Å². The highest BCUT2D eigenvalue weighted by Gasteiger charge is 2.27. The molecule has 41 heavy (non-hydrogen) atoms. The van der Waals surface area contributed by atoms with Gasteiger partial charge < -0.3 is 25.2 Å². The van der Waals surface area contributed by atoms with Crippen molar-refractivity contribution in [1.82, 2.24) is 15.1 Å². The van der Waals surface area contributed by atoms with Crippen LogP contribution in [0.15, 0.2) is 36.4 Å². The summed E-state index contributed by atoms with van der Waals surface area (Å²) in [7, 11) is 2.14. The number of carbonyl (C=O) groups excluding carboxylic acids is 1. The van der Waals surface area contributed by atoms with E-state index >= 15 is 0 Å². The molecule has 6 rings (SSSR count). The number of piperazine rings is 1. The Balaban J connectivity index is 1.20. The topological polar surface area (TPSA) is 85.5 Å². The van der Waals surface area contributed by atoms with Crippen LogP contribution in [0.2, 0.25) is 0 Å². The van der Waals surface area contributed by atoms with Gasteiger partial charge in [-0.1, -0.05) is 0 Å². The van der Waals surface area contributed by atoms with E-state index in [0.717, 1.165) is 80.6 Å². The van der Waals surface area contributed by atoms with E-state index in [1.165, 1.54) is 12.1 Å². The third kappa shape index (κ3) is 6.54. The second kappa shape index (κ2) is 12.2. The number of aromatic nitrogens is 2. The number of likely N-dealkylation sites (N-methyl/N-ethyl adjacent to an activating group) is 1. The van der Waals surface area contributed by atoms with Gasteiger partial charge in [-0.05, 0) is 87.4 Å². The third-order valence-electron chi connectivity index (χ3n) is 8.62. The summed E-state index contributed by atoms with van der Waals surface area (Å²) >= 11 is 0. The maximum absolute atomic E-state index is 13.7. The Kier molecular flexibility index (Phi) is 8.20. The van der Waals surface area contributed by atoms with Gasteiger partial charge in [0.15, 0.2) is 5.82 Å². The molecule has 2 saturated heterocycles. The van der Waals surface area contributed by atoms with Crippen LogP contribution >= 0.6 is 0 Å². The first-order valence-corrected chi connectivity index (χ1v) is 14.7. The first-order valence-electron chi connectivity index (χ1n) is 14.7. The quantitative estimate of drug-likeness (QED) is 0.388. The van der Waals surface area contributed by atoms with Gasteiger partial charge in [0, 0.05) is 74.1 Å². The van der Waals surface area contributed by atoms with Crippen LogP contribution in [0.1, 0.15) is 46.4 Å². The summed E-state index contributed by atoms with van der Waals surface area (Å²) in [5.74, 6) is -0.605. The molecule has 0 bridgehead atoms. The predicted octanol–water partition coefficient (Wildman–Crippen LogP) is 4.63. The summed E-state index contributed by atoms with van der Waals surface area (Å²) in [5, 5.41) is 14.2. The highest BCUT2D eigenvalue weighted by molar-refractivity contribution is 6.08. The lowest BCUT2D eigenvalue weighted by atomic mass is 9.83. The number of carbonyl (C=O) groups is 1. The number of nitrogens with one attached hydrogen (secondary N) is 3. The maximum Gasteiger partial charge on any atom is 0.258 e. The number of hydrogen-bond donors (Lipinski definition) is 3. The van der Waals surface area contributed by atoms with Crippen LogP contribution in [0.25, 0.3) is 0 Å². The van der Waals surface area contributed by atoms with Crippen molar-refractivity contribution in [3.8, 4) is 0 Å². The van der Waals surface area contributed by atoms with Crippen molar-refractivity contribution in [1.29, 1.82) is 0 Å². The van der Waals surface area contributed by atoms with E-state index in [1.807, 2.05) is 12.1 Å². The van der Waals surface area contributed by atoms with Gasteiger partial charge in [-0.3, -0.25) is 9.89 Å². The van der Waals surface area contributed by atoms with E-state index in [2.05, 4.69) is 43.7 Å². The van der Waals surface area contributed by atoms with Gasteiger partial charge in [0.1, 0.15) is 11.6 Å². The van der Waals surface area contributed by atoms with Gasteiger partial charge in [0.05, 0.1) is 5.56 Å². The zero-order valence-electron chi connectivity index (χ0n) is 23.5. The molecule has 3 aromatic rings. The number of aryl methyl sites for hydroxylation is 1. The van der Waals surface area contributed by atoms with Crippen LogP contribution in [0, 0.1) is 17.6 Å². The van der Waals surface area contributed by atoms with E-state index < -0.39 is 11.6 Å². The van der Waals surface area contributed by atoms with Gasteiger partial charge >= 0.3 is 0 Å². The molecule has 1 amide bonds. The molecule has 218 valence electrons. The van der Waals surface area contributed by atoms with Crippen molar-refractivity contribution >= 4 is 23.1 Å². The number of ether oxygens (including phenoxy) is 1. The number of fused-ring (bicyclic) bond motifs is 1. The summed E-state index contributed by atoms with van der Waals surface area (Å²) in [6.07, 6.45) is 4.69. The largest absolute Gasteiger partial charge is 0.381 e. The molecule has 1 atom stereocenters. The molecule has 2 aliphatic heterocycles. The van der Waals surface area contributed by atoms with Crippen molar-refractivity contribution in [2.45, 2.75) is 44.6 Å². The number of halogens is 2. The van der Waals surface area contributed by atoms with Gasteiger partial charge in [-0.2, -0.15) is 5.10 Å². The van der Waals surface area contributed by atoms with Crippen LogP contribution in [0.4, 0.5) is 26.0 Å². The molecule has 0 saturated carbocycles. The molecule has 1 unspecified atom stereocenters. The van der Waals surface area contributed by atoms with Crippen LogP contribution in [-0.4, -0.2) is 73.5 Å². The van der Waals surface area contributed by atoms with E-state index in [4.69, 9.17) is 4.74 Å². The minimum atomic E-state index is -0.559. The normalized spacial score (nSPS) is 20.1. The van der Waals surface area contributed by atoms with Crippen LogP contribution in [-0.2, 0) is 24.0 Å². The van der Waals surface area contributed by atoms with Crippen molar-refractivity contribution < 1.29 is 18.3 Å². The summed E-state index contributed by atoms with van der Waals surface area (Å²) in [6, 6.07) is 9.97. The van der Waals surface area contributed by atoms with Crippen LogP contribution < -0.4 is 15.5 Å². The minimum Gasteiger partial charge on any atom is -0.381 e. The fourth-order valence-electron chi connectivity index (χ4n) is 6.25. The Morgan fingerprint density at radius 3 is 2.56 bits per heavy atom. The fraction of sp³-hybridized carbons (Fsp3) is 0.484. The van der Waals surface area contributed by atoms with Gasteiger partial charge in [-0.25, -0.2) is 8.78 Å². The van der Waals surface area contributed by atoms with Crippen molar-refractivity contribution in [3.05, 3.63) is 70.4 Å². The van der Waals surface area contributed by atoms with Crippen molar-refractivity contribution in [2.24, 2.45) is 5.92 Å². The monoisotopic (exact) mass is 564 g/mol. The standard InChI is InChI=1S/C31H38F2N6O2/c1-38-8-10-39(11-9-38)25-3-4-26(29(19-25)34-24-6-12-41-13-7-24)31(40)35-30-27-17-20(2-5-28(27)36-37-30)14-21-15-22(32)18-23(33)16-21/h3-4,15-16,18-20,24,34H,2,5-14,17H2,1H3,(H2,35,36,37,40). The smallest absolute Gasteiger partial charge is 0.258 e. The lowest BCUT2D eigenvalue weighted by Gasteiger charge is -2.34. The number of H-pyrrole nitrogens is 1. The molecule has 2 fully saturated rings. The number of nitrogens with zero attached hydrogens (tertiary/aromatic N) is 3. The molecular formula is C31H38F2N6O2. The lowest BCUT2D eigenvalue weighted by molar-refractivity contribution is 0.0904. The van der Waals surface area contributed by atoms with Crippen molar-refractivity contribution in [3.63, 3.8) is 0 Å². The number of rotatable bonds is 7. The first kappa shape index (κ1) is 27.7. The molecule has 10 heteroatoms. The highest BCUT2D eigenvalue weighted by Crippen LogP contribution is 2.33. The molecule has 1 aromatic heterocycles. The fourth-order valence-corrected chi connectivity index (χ4v) is 6.25. The first-order chi connectivity index (χ1) is 19.9. The number of amides is 1. The molecule has 0 radical (unpaired) electrons. The molecule has 1 aliphatic carbocycles. The average Bonchev–Trinajstić information content (AvgIpc) is 3.35. The van der Waals surface area contributed by atoms with E-state index in [1.54, 1.807) is 0 Å². The number of aromatic amines is 1. The molecule has 8 nitrogen and oxygen atoms in total. The molecule has 3 N–H and O–H groups in total. The summed E-state index contributed by atoms with van der Waals surface area (Å²) in [4.78, 5) is 18.4. The average molecular weight is 565 g/mol. The number of benzene rings is 2. The predicted molar refractivity (Wildman–Crippen MR) is 156 cm³/mol. The highest BCUT2D eigenvalue weighted by atomic mass is 19.1. The van der Waals surface area contributed by atoms with Gasteiger partial charge in [0.2, 0.25) is 0 Å². The summed E-state index contributed by atoms with van der Waals surface area (Å²) < 4.78 is 33.0. The zero-order valence-corrected chi connectivity index (χ0v) is 23.5. The lowest BCUT2D eigenvalue weighted by Crippen LogP contribution is -2.44. The second-order valence-electron chi connectivity index (χ2n) is 11.6. The number of anilines is 3. The second-order valence-corrected chi connectivity index (χ2v) is 11.6. The molecule has 3 heterocycles. The van der Waals surface area contributed by atoms with E-state index in [0.29, 0.717) is 43.0 Å². The molecular weight excluding hydrogens is 526 g/mol. The third-order valence-corrected chi connectivity index (χ3v) is 8.62. The van der Waals surface area contributed by atoms with Gasteiger partial charge in [0.25, 0.3) is 5.91 Å². The van der Waals surface area contributed by atoms with Gasteiger partial charge in [-0.15, -0.1) is 0 Å². The Bertz CT molecular complexity index is 1360. The number of hydrogen-bond acceptors (Lipinski definition) is 6. The van der Waals surface area contributed by atoms with Crippen LogP contribution in [0.5, 0.6) is 0 Å². The summed E-state index contributed by atoms with van der Waals surface area (Å²) in [5.41, 5.74) is 5.13. The zero-order chi connectivity index (χ0) is 28.3. The SMILES string of the molecule is CN1CCN(c2ccc(C(=O)Nc3n[nH]c4c3CC(Cc3cc(F)cc(F)c3)CC4)c(NC3CCOCC3)c2)CC1.